The maximum atomic E-state index is 12.6. The number of carbonyl (C=O) groups is 2. The Morgan fingerprint density at radius 3 is 2.74 bits per heavy atom. The smallest absolute Gasteiger partial charge is 0.304 e. The molecule has 4 nitrogen and oxygen atoms in total. The molecular weight excluding hydrogens is 360 g/mol. The number of thioether (sulfide) groups is 1. The summed E-state index contributed by atoms with van der Waals surface area (Å²) in [6, 6.07) is 0. The molecule has 0 aliphatic heterocycles. The highest BCUT2D eigenvalue weighted by molar-refractivity contribution is 8.00. The van der Waals surface area contributed by atoms with Gasteiger partial charge in [0.25, 0.3) is 0 Å². The van der Waals surface area contributed by atoms with Crippen molar-refractivity contribution in [3.05, 3.63) is 11.6 Å². The number of aliphatic carboxylic acids is 1. The van der Waals surface area contributed by atoms with Gasteiger partial charge in [-0.15, -0.1) is 11.8 Å². The third-order valence-electron chi connectivity index (χ3n) is 8.56. The van der Waals surface area contributed by atoms with Gasteiger partial charge in [0.1, 0.15) is 0 Å². The average Bonchev–Trinajstić information content (AvgIpc) is 2.91. The van der Waals surface area contributed by atoms with Crippen molar-refractivity contribution >= 4 is 23.5 Å². The van der Waals surface area contributed by atoms with E-state index in [-0.39, 0.29) is 34.4 Å². The Hall–Kier alpha value is -0.810. The molecule has 0 saturated heterocycles. The van der Waals surface area contributed by atoms with E-state index in [1.807, 2.05) is 6.08 Å². The number of aliphatic hydroxyl groups excluding tert-OH is 1. The second-order valence-electron chi connectivity index (χ2n) is 9.75. The largest absolute Gasteiger partial charge is 0.481 e. The number of allylic oxidation sites excluding steroid dienone is 1. The molecule has 0 aromatic heterocycles. The van der Waals surface area contributed by atoms with E-state index in [0.717, 1.165) is 44.9 Å². The molecule has 1 unspecified atom stereocenters. The van der Waals surface area contributed by atoms with Gasteiger partial charge in [0.2, 0.25) is 0 Å². The number of carboxylic acids is 1. The van der Waals surface area contributed by atoms with Crippen molar-refractivity contribution < 1.29 is 19.8 Å². The number of carbonyl (C=O) groups excluding carboxylic acids is 1. The fourth-order valence-electron chi connectivity index (χ4n) is 7.00. The van der Waals surface area contributed by atoms with Crippen molar-refractivity contribution in [1.82, 2.24) is 0 Å². The second kappa shape index (κ2) is 6.91. The molecule has 0 bridgehead atoms. The summed E-state index contributed by atoms with van der Waals surface area (Å²) >= 11 is 1.53. The van der Waals surface area contributed by atoms with Crippen molar-refractivity contribution in [2.45, 2.75) is 76.6 Å². The molecule has 0 radical (unpaired) electrons. The number of rotatable bonds is 4. The Balaban J connectivity index is 1.56. The van der Waals surface area contributed by atoms with E-state index >= 15 is 0 Å². The summed E-state index contributed by atoms with van der Waals surface area (Å²) in [5, 5.41) is 19.4. The predicted molar refractivity (Wildman–Crippen MR) is 107 cm³/mol. The van der Waals surface area contributed by atoms with E-state index in [0.29, 0.717) is 23.5 Å². The molecule has 7 atom stereocenters. The molecule has 0 heterocycles. The van der Waals surface area contributed by atoms with Crippen LogP contribution in [0.3, 0.4) is 0 Å². The van der Waals surface area contributed by atoms with E-state index < -0.39 is 5.97 Å². The first-order valence-electron chi connectivity index (χ1n) is 10.5. The third-order valence-corrected chi connectivity index (χ3v) is 9.81. The van der Waals surface area contributed by atoms with E-state index in [1.165, 1.54) is 17.3 Å². The summed E-state index contributed by atoms with van der Waals surface area (Å²) in [6.45, 7) is 4.66. The van der Waals surface area contributed by atoms with Crippen LogP contribution in [0.15, 0.2) is 11.6 Å². The van der Waals surface area contributed by atoms with Crippen LogP contribution in [0.25, 0.3) is 0 Å². The van der Waals surface area contributed by atoms with Gasteiger partial charge < -0.3 is 10.2 Å². The summed E-state index contributed by atoms with van der Waals surface area (Å²) in [4.78, 5) is 23.5. The van der Waals surface area contributed by atoms with Crippen molar-refractivity contribution in [1.29, 1.82) is 0 Å². The minimum atomic E-state index is -0.794. The first kappa shape index (κ1) is 19.5. The van der Waals surface area contributed by atoms with Crippen LogP contribution in [0, 0.1) is 28.6 Å². The highest BCUT2D eigenvalue weighted by Crippen LogP contribution is 2.65. The molecular formula is C22H32O4S. The summed E-state index contributed by atoms with van der Waals surface area (Å²) in [6.07, 6.45) is 9.22. The summed E-state index contributed by atoms with van der Waals surface area (Å²) in [5.74, 6) is 1.76. The van der Waals surface area contributed by atoms with Gasteiger partial charge in [-0.05, 0) is 79.6 Å². The molecule has 0 aromatic rings. The van der Waals surface area contributed by atoms with Crippen molar-refractivity contribution in [2.24, 2.45) is 28.6 Å². The number of carboxylic acid groups (broad SMARTS) is 1. The first-order valence-corrected chi connectivity index (χ1v) is 11.6. The highest BCUT2D eigenvalue weighted by Gasteiger charge is 2.59. The molecule has 27 heavy (non-hydrogen) atoms. The summed E-state index contributed by atoms with van der Waals surface area (Å²) < 4.78 is 0. The van der Waals surface area contributed by atoms with E-state index in [4.69, 9.17) is 5.11 Å². The molecule has 0 spiro atoms. The van der Waals surface area contributed by atoms with E-state index in [9.17, 15) is 14.7 Å². The Kier molecular flexibility index (Phi) is 4.99. The third kappa shape index (κ3) is 3.09. The summed E-state index contributed by atoms with van der Waals surface area (Å²) in [7, 11) is 0. The fourth-order valence-corrected chi connectivity index (χ4v) is 8.27. The number of hydrogen-bond acceptors (Lipinski definition) is 4. The van der Waals surface area contributed by atoms with E-state index in [1.54, 1.807) is 0 Å². The second-order valence-corrected chi connectivity index (χ2v) is 11.1. The van der Waals surface area contributed by atoms with Gasteiger partial charge in [-0.2, -0.15) is 0 Å². The number of ketones is 1. The van der Waals surface area contributed by atoms with Crippen LogP contribution in [-0.4, -0.2) is 39.1 Å². The van der Waals surface area contributed by atoms with Crippen LogP contribution in [0.5, 0.6) is 0 Å². The Morgan fingerprint density at radius 2 is 2.00 bits per heavy atom. The minimum absolute atomic E-state index is 0.0621. The zero-order chi connectivity index (χ0) is 19.4. The molecule has 0 aromatic carbocycles. The lowest BCUT2D eigenvalue weighted by atomic mass is 9.47. The van der Waals surface area contributed by atoms with Gasteiger partial charge in [0, 0.05) is 5.75 Å². The van der Waals surface area contributed by atoms with Crippen LogP contribution >= 0.6 is 11.8 Å². The van der Waals surface area contributed by atoms with Crippen LogP contribution in [-0.2, 0) is 9.59 Å². The summed E-state index contributed by atoms with van der Waals surface area (Å²) in [5.41, 5.74) is 1.48. The van der Waals surface area contributed by atoms with Gasteiger partial charge in [-0.25, -0.2) is 0 Å². The molecule has 3 fully saturated rings. The normalized spacial score (nSPS) is 46.3. The van der Waals surface area contributed by atoms with E-state index in [2.05, 4.69) is 13.8 Å². The average molecular weight is 393 g/mol. The standard InChI is InChI=1S/C22H32O4S/c1-21-9-7-16-14(15(21)5-6-19(21)24)4-3-13-11-17(23)18(12-22(13,16)2)27-10-8-20(25)26/h11,14-16,18-19,24H,3-10,12H2,1-2H3,(H,25,26)/t14-,15-,16-,18?,19-,21-,22-/m0/s1. The minimum Gasteiger partial charge on any atom is -0.481 e. The van der Waals surface area contributed by atoms with Crippen LogP contribution in [0.2, 0.25) is 0 Å². The topological polar surface area (TPSA) is 74.6 Å². The first-order chi connectivity index (χ1) is 12.8. The quantitative estimate of drug-likeness (QED) is 0.754. The van der Waals surface area contributed by atoms with Crippen LogP contribution in [0.4, 0.5) is 0 Å². The monoisotopic (exact) mass is 392 g/mol. The Bertz CT molecular complexity index is 673. The molecule has 2 N–H and O–H groups in total. The molecule has 0 amide bonds. The molecule has 4 rings (SSSR count). The molecule has 150 valence electrons. The zero-order valence-corrected chi connectivity index (χ0v) is 17.3. The maximum Gasteiger partial charge on any atom is 0.304 e. The van der Waals surface area contributed by atoms with Gasteiger partial charge in [-0.1, -0.05) is 19.4 Å². The SMILES string of the molecule is C[C@]12CC[C@H]3[C@@H](CCC4=CC(=O)C(SCCC(=O)O)C[C@@]43C)[C@@H]1CC[C@@H]2O. The Morgan fingerprint density at radius 1 is 1.22 bits per heavy atom. The highest BCUT2D eigenvalue weighted by atomic mass is 32.2. The predicted octanol–water partition coefficient (Wildman–Crippen LogP) is 4.07. The lowest BCUT2D eigenvalue weighted by molar-refractivity contribution is -0.136. The zero-order valence-electron chi connectivity index (χ0n) is 16.4. The number of fused-ring (bicyclic) bond motifs is 5. The van der Waals surface area contributed by atoms with Crippen LogP contribution in [0.1, 0.15) is 65.2 Å². The lowest BCUT2D eigenvalue weighted by Gasteiger charge is -2.58. The van der Waals surface area contributed by atoms with Gasteiger partial charge in [0.05, 0.1) is 17.8 Å². The fraction of sp³-hybridized carbons (Fsp3) is 0.818. The van der Waals surface area contributed by atoms with Crippen LogP contribution < -0.4 is 0 Å². The molecule has 3 saturated carbocycles. The van der Waals surface area contributed by atoms with Gasteiger partial charge in [-0.3, -0.25) is 9.59 Å². The number of aliphatic hydroxyl groups is 1. The van der Waals surface area contributed by atoms with Crippen molar-refractivity contribution in [3.8, 4) is 0 Å². The van der Waals surface area contributed by atoms with Gasteiger partial charge in [0.15, 0.2) is 5.78 Å². The Labute approximate surface area is 166 Å². The van der Waals surface area contributed by atoms with Crippen molar-refractivity contribution in [2.75, 3.05) is 5.75 Å². The molecule has 4 aliphatic carbocycles. The molecule has 5 heteroatoms. The molecule has 4 aliphatic rings. The maximum absolute atomic E-state index is 12.6. The lowest BCUT2D eigenvalue weighted by Crippen LogP contribution is -2.52. The number of hydrogen-bond donors (Lipinski definition) is 2. The van der Waals surface area contributed by atoms with Gasteiger partial charge >= 0.3 is 5.97 Å². The van der Waals surface area contributed by atoms with Crippen molar-refractivity contribution in [3.63, 3.8) is 0 Å².